The van der Waals surface area contributed by atoms with Crippen molar-refractivity contribution in [2.24, 2.45) is 0 Å². The maximum absolute atomic E-state index is 11.9. The van der Waals surface area contributed by atoms with Crippen molar-refractivity contribution >= 4 is 35.0 Å². The van der Waals surface area contributed by atoms with Gasteiger partial charge in [-0.2, -0.15) is 0 Å². The number of carbonyl (C=O) groups is 2. The van der Waals surface area contributed by atoms with Crippen molar-refractivity contribution < 1.29 is 14.3 Å². The molecular formula is C15H20Cl2N2O3. The Morgan fingerprint density at radius 3 is 2.45 bits per heavy atom. The van der Waals surface area contributed by atoms with E-state index in [-0.39, 0.29) is 30.5 Å². The number of carbonyl (C=O) groups excluding carboxylic acids is 2. The molecule has 0 unspecified atom stereocenters. The molecule has 5 nitrogen and oxygen atoms in total. The number of likely N-dealkylation sites (N-methyl/N-ethyl adjacent to an activating group) is 1. The van der Waals surface area contributed by atoms with Crippen LogP contribution < -0.4 is 10.1 Å². The summed E-state index contributed by atoms with van der Waals surface area (Å²) < 4.78 is 5.34. The van der Waals surface area contributed by atoms with Gasteiger partial charge < -0.3 is 15.0 Å². The van der Waals surface area contributed by atoms with Gasteiger partial charge in [-0.3, -0.25) is 9.59 Å². The zero-order chi connectivity index (χ0) is 16.9. The molecule has 0 bridgehead atoms. The predicted octanol–water partition coefficient (Wildman–Crippen LogP) is 2.75. The predicted molar refractivity (Wildman–Crippen MR) is 87.5 cm³/mol. The number of ether oxygens (including phenoxy) is 1. The van der Waals surface area contributed by atoms with E-state index in [4.69, 9.17) is 27.9 Å². The number of nitrogens with one attached hydrogen (secondary N) is 1. The summed E-state index contributed by atoms with van der Waals surface area (Å²) in [6.45, 7) is 5.38. The van der Waals surface area contributed by atoms with Crippen LogP contribution in [0.1, 0.15) is 20.8 Å². The first-order chi connectivity index (χ1) is 10.1. The first kappa shape index (κ1) is 18.6. The topological polar surface area (TPSA) is 58.6 Å². The second-order valence-electron chi connectivity index (χ2n) is 5.91. The van der Waals surface area contributed by atoms with Crippen LogP contribution in [0.2, 0.25) is 10.0 Å². The average Bonchev–Trinajstić information content (AvgIpc) is 2.34. The lowest BCUT2D eigenvalue weighted by molar-refractivity contribution is -0.136. The molecule has 7 heteroatoms. The van der Waals surface area contributed by atoms with Crippen LogP contribution in [0.5, 0.6) is 5.75 Å². The summed E-state index contributed by atoms with van der Waals surface area (Å²) in [5, 5.41) is 3.60. The van der Waals surface area contributed by atoms with Gasteiger partial charge >= 0.3 is 0 Å². The molecule has 0 aliphatic heterocycles. The Hall–Kier alpha value is -1.46. The molecule has 2 amide bonds. The van der Waals surface area contributed by atoms with Gasteiger partial charge in [0.1, 0.15) is 5.75 Å². The minimum Gasteiger partial charge on any atom is -0.482 e. The monoisotopic (exact) mass is 346 g/mol. The molecule has 0 aliphatic rings. The van der Waals surface area contributed by atoms with Crippen LogP contribution >= 0.6 is 23.2 Å². The van der Waals surface area contributed by atoms with Crippen molar-refractivity contribution in [3.63, 3.8) is 0 Å². The van der Waals surface area contributed by atoms with Crippen LogP contribution in [0.15, 0.2) is 18.2 Å². The molecule has 0 spiro atoms. The molecule has 0 saturated carbocycles. The van der Waals surface area contributed by atoms with Crippen LogP contribution in [-0.4, -0.2) is 42.5 Å². The SMILES string of the molecule is CN(CC(=O)NC(C)(C)C)C(=O)COc1ccc(Cl)cc1Cl. The number of halogens is 2. The summed E-state index contributed by atoms with van der Waals surface area (Å²) in [6.07, 6.45) is 0. The number of rotatable bonds is 5. The van der Waals surface area contributed by atoms with Crippen LogP contribution in [0.25, 0.3) is 0 Å². The molecule has 122 valence electrons. The molecule has 22 heavy (non-hydrogen) atoms. The minimum absolute atomic E-state index is 0.0339. The van der Waals surface area contributed by atoms with E-state index in [2.05, 4.69) is 5.32 Å². The van der Waals surface area contributed by atoms with Crippen molar-refractivity contribution in [3.8, 4) is 5.75 Å². The van der Waals surface area contributed by atoms with Crippen LogP contribution in [0.3, 0.4) is 0 Å². The summed E-state index contributed by atoms with van der Waals surface area (Å²) in [7, 11) is 1.54. The van der Waals surface area contributed by atoms with Crippen molar-refractivity contribution in [1.82, 2.24) is 10.2 Å². The Morgan fingerprint density at radius 1 is 1.27 bits per heavy atom. The largest absolute Gasteiger partial charge is 0.482 e. The normalized spacial score (nSPS) is 11.0. The number of benzene rings is 1. The molecular weight excluding hydrogens is 327 g/mol. The minimum atomic E-state index is -0.339. The lowest BCUT2D eigenvalue weighted by atomic mass is 10.1. The number of hydrogen-bond donors (Lipinski definition) is 1. The van der Waals surface area contributed by atoms with Gasteiger partial charge in [0, 0.05) is 17.6 Å². The molecule has 1 aromatic carbocycles. The summed E-state index contributed by atoms with van der Waals surface area (Å²) in [6, 6.07) is 4.74. The van der Waals surface area contributed by atoms with Crippen molar-refractivity contribution in [2.75, 3.05) is 20.2 Å². The molecule has 1 aromatic rings. The van der Waals surface area contributed by atoms with Gasteiger partial charge in [-0.05, 0) is 39.0 Å². The maximum Gasteiger partial charge on any atom is 0.260 e. The Labute approximate surface area is 140 Å². The molecule has 0 fully saturated rings. The van der Waals surface area contributed by atoms with E-state index >= 15 is 0 Å². The molecule has 0 heterocycles. The van der Waals surface area contributed by atoms with Crippen molar-refractivity contribution in [2.45, 2.75) is 26.3 Å². The van der Waals surface area contributed by atoms with Gasteiger partial charge in [-0.15, -0.1) is 0 Å². The zero-order valence-corrected chi connectivity index (χ0v) is 14.6. The lowest BCUT2D eigenvalue weighted by Crippen LogP contribution is -2.47. The van der Waals surface area contributed by atoms with Crippen molar-refractivity contribution in [1.29, 1.82) is 0 Å². The highest BCUT2D eigenvalue weighted by Gasteiger charge is 2.18. The van der Waals surface area contributed by atoms with Gasteiger partial charge in [0.15, 0.2) is 6.61 Å². The van der Waals surface area contributed by atoms with Crippen LogP contribution in [-0.2, 0) is 9.59 Å². The molecule has 0 aliphatic carbocycles. The van der Waals surface area contributed by atoms with Gasteiger partial charge in [-0.25, -0.2) is 0 Å². The third kappa shape index (κ3) is 6.54. The highest BCUT2D eigenvalue weighted by Crippen LogP contribution is 2.27. The fourth-order valence-corrected chi connectivity index (χ4v) is 2.07. The maximum atomic E-state index is 11.9. The van der Waals surface area contributed by atoms with Gasteiger partial charge in [0.2, 0.25) is 5.91 Å². The summed E-state index contributed by atoms with van der Waals surface area (Å²) in [5.41, 5.74) is -0.339. The quantitative estimate of drug-likeness (QED) is 0.891. The standard InChI is InChI=1S/C15H20Cl2N2O3/c1-15(2,3)18-13(20)8-19(4)14(21)9-22-12-6-5-10(16)7-11(12)17/h5-7H,8-9H2,1-4H3,(H,18,20). The summed E-state index contributed by atoms with van der Waals surface area (Å²) in [4.78, 5) is 25.0. The Balaban J connectivity index is 2.49. The Morgan fingerprint density at radius 2 is 1.91 bits per heavy atom. The molecule has 0 aromatic heterocycles. The van der Waals surface area contributed by atoms with E-state index in [0.29, 0.717) is 15.8 Å². The van der Waals surface area contributed by atoms with Crippen LogP contribution in [0.4, 0.5) is 0 Å². The summed E-state index contributed by atoms with van der Waals surface area (Å²) in [5.74, 6) is -0.185. The third-order valence-corrected chi connectivity index (χ3v) is 3.10. The van der Waals surface area contributed by atoms with Gasteiger partial charge in [-0.1, -0.05) is 23.2 Å². The zero-order valence-electron chi connectivity index (χ0n) is 13.1. The number of nitrogens with zero attached hydrogens (tertiary/aromatic N) is 1. The highest BCUT2D eigenvalue weighted by molar-refractivity contribution is 6.35. The third-order valence-electron chi connectivity index (χ3n) is 2.57. The van der Waals surface area contributed by atoms with Crippen LogP contribution in [0, 0.1) is 0 Å². The molecule has 1 rings (SSSR count). The number of hydrogen-bond acceptors (Lipinski definition) is 3. The second kappa shape index (κ2) is 7.70. The smallest absolute Gasteiger partial charge is 0.260 e. The average molecular weight is 347 g/mol. The molecule has 0 radical (unpaired) electrons. The summed E-state index contributed by atoms with van der Waals surface area (Å²) >= 11 is 11.7. The first-order valence-electron chi connectivity index (χ1n) is 6.71. The second-order valence-corrected chi connectivity index (χ2v) is 6.76. The van der Waals surface area contributed by atoms with Gasteiger partial charge in [0.25, 0.3) is 5.91 Å². The van der Waals surface area contributed by atoms with E-state index in [1.54, 1.807) is 12.1 Å². The fraction of sp³-hybridized carbons (Fsp3) is 0.467. The highest BCUT2D eigenvalue weighted by atomic mass is 35.5. The lowest BCUT2D eigenvalue weighted by Gasteiger charge is -2.23. The van der Waals surface area contributed by atoms with E-state index in [1.165, 1.54) is 18.0 Å². The molecule has 0 saturated heterocycles. The van der Waals surface area contributed by atoms with Crippen molar-refractivity contribution in [3.05, 3.63) is 28.2 Å². The molecule has 1 N–H and O–H groups in total. The van der Waals surface area contributed by atoms with E-state index in [0.717, 1.165) is 0 Å². The fourth-order valence-electron chi connectivity index (χ4n) is 1.60. The van der Waals surface area contributed by atoms with E-state index in [9.17, 15) is 9.59 Å². The Bertz CT molecular complexity index is 556. The molecule has 0 atom stereocenters. The number of amides is 2. The Kier molecular flexibility index (Phi) is 6.50. The van der Waals surface area contributed by atoms with E-state index in [1.807, 2.05) is 20.8 Å². The van der Waals surface area contributed by atoms with Gasteiger partial charge in [0.05, 0.1) is 11.6 Å². The van der Waals surface area contributed by atoms with E-state index < -0.39 is 0 Å². The first-order valence-corrected chi connectivity index (χ1v) is 7.47.